The van der Waals surface area contributed by atoms with Crippen LogP contribution in [-0.2, 0) is 76.3 Å². The third-order valence-corrected chi connectivity index (χ3v) is 20.7. The van der Waals surface area contributed by atoms with E-state index in [1.165, 1.54) is 83.9 Å². The van der Waals surface area contributed by atoms with Gasteiger partial charge in [0.2, 0.25) is 11.8 Å². The van der Waals surface area contributed by atoms with Crippen LogP contribution in [0.15, 0.2) is 29.4 Å². The zero-order chi connectivity index (χ0) is 73.8. The van der Waals surface area contributed by atoms with Crippen LogP contribution in [0, 0.1) is 43.3 Å². The summed E-state index contributed by atoms with van der Waals surface area (Å²) in [5.74, 6) is -8.16. The van der Waals surface area contributed by atoms with Crippen molar-refractivity contribution in [2.45, 2.75) is 222 Å². The van der Waals surface area contributed by atoms with Crippen molar-refractivity contribution in [1.29, 1.82) is 0 Å². The number of pyridine rings is 1. The molecule has 2 amide bonds. The Morgan fingerprint density at radius 1 is 0.619 bits per heavy atom. The minimum absolute atomic E-state index is 0.0204. The van der Waals surface area contributed by atoms with E-state index in [0.717, 1.165) is 0 Å². The number of carbonyl (C=O) groups excluding carboxylic acids is 6. The summed E-state index contributed by atoms with van der Waals surface area (Å²) in [7, 11) is 6.20. The van der Waals surface area contributed by atoms with Gasteiger partial charge in [0.05, 0.1) is 77.0 Å². The predicted octanol–water partition coefficient (Wildman–Crippen LogP) is 6.86. The first-order valence-corrected chi connectivity index (χ1v) is 35.8. The number of esters is 4. The number of ether oxygens (including phenoxy) is 7. The smallest absolute Gasteiger partial charge is 0.311 e. The normalized spacial score (nSPS) is 21.8. The topological polar surface area (TPSA) is 400 Å². The summed E-state index contributed by atoms with van der Waals surface area (Å²) >= 11 is 0. The van der Waals surface area contributed by atoms with Gasteiger partial charge in [-0.2, -0.15) is 0 Å². The van der Waals surface area contributed by atoms with Crippen LogP contribution in [0.4, 0.5) is 0 Å². The minimum atomic E-state index is -1.97. The lowest BCUT2D eigenvalue weighted by Crippen LogP contribution is -2.64. The Morgan fingerprint density at radius 2 is 1.10 bits per heavy atom. The van der Waals surface area contributed by atoms with Gasteiger partial charge < -0.3 is 84.4 Å². The van der Waals surface area contributed by atoms with E-state index in [9.17, 15) is 69.3 Å². The number of rotatable bonds is 49. The molecule has 0 spiro atoms. The highest BCUT2D eigenvalue weighted by atomic mass is 33.1. The number of nitrogens with one attached hydrogen (secondary N) is 2. The van der Waals surface area contributed by atoms with Crippen molar-refractivity contribution < 1.29 is 112 Å². The molecule has 0 aromatic carbocycles. The molecule has 29 heteroatoms. The number of unbranched alkanes of at least 4 members (excludes halogenated alkanes) is 1. The van der Waals surface area contributed by atoms with E-state index in [1.807, 2.05) is 19.9 Å². The van der Waals surface area contributed by atoms with E-state index >= 15 is 9.59 Å². The van der Waals surface area contributed by atoms with Crippen LogP contribution < -0.4 is 10.6 Å². The summed E-state index contributed by atoms with van der Waals surface area (Å²) in [6.07, 6.45) is -6.35. The molecule has 1 aliphatic heterocycles. The van der Waals surface area contributed by atoms with Gasteiger partial charge in [-0.25, -0.2) is 4.98 Å². The number of hydrogen-bond donors (Lipinski definition) is 9. The van der Waals surface area contributed by atoms with Crippen molar-refractivity contribution in [2.75, 3.05) is 85.8 Å². The summed E-state index contributed by atoms with van der Waals surface area (Å²) in [6.45, 7) is 18.1. The highest BCUT2D eigenvalue weighted by molar-refractivity contribution is 8.76. The number of carboxylic acid groups (broad SMARTS) is 3. The van der Waals surface area contributed by atoms with Crippen molar-refractivity contribution >= 4 is 75.2 Å². The van der Waals surface area contributed by atoms with E-state index in [0.29, 0.717) is 30.8 Å². The van der Waals surface area contributed by atoms with Crippen molar-refractivity contribution in [3.05, 3.63) is 24.4 Å². The zero-order valence-corrected chi connectivity index (χ0v) is 61.5. The van der Waals surface area contributed by atoms with Crippen molar-refractivity contribution in [3.8, 4) is 0 Å². The van der Waals surface area contributed by atoms with E-state index in [1.54, 1.807) is 51.2 Å². The number of carboxylic acids is 3. The summed E-state index contributed by atoms with van der Waals surface area (Å²) in [5.41, 5.74) is -13.7. The first kappa shape index (κ1) is 87.8. The van der Waals surface area contributed by atoms with E-state index in [-0.39, 0.29) is 116 Å². The summed E-state index contributed by atoms with van der Waals surface area (Å²) < 4.78 is 40.6. The monoisotopic (exact) mass is 1420 g/mol. The highest BCUT2D eigenvalue weighted by Gasteiger charge is 2.56. The first-order chi connectivity index (χ1) is 45.1. The maximum absolute atomic E-state index is 15.3. The Bertz CT molecular complexity index is 2700. The summed E-state index contributed by atoms with van der Waals surface area (Å²) in [5, 5.41) is 80.0. The van der Waals surface area contributed by atoms with Crippen molar-refractivity contribution in [1.82, 2.24) is 20.5 Å². The average molecular weight is 1420 g/mol. The molecule has 9 N–H and O–H groups in total. The van der Waals surface area contributed by atoms with E-state index in [2.05, 4.69) is 15.6 Å². The second-order valence-electron chi connectivity index (χ2n) is 28.6. The number of nitrogens with zero attached hydrogens (tertiary/aromatic N) is 2. The molecule has 1 aromatic rings. The third kappa shape index (κ3) is 27.3. The maximum Gasteiger partial charge on any atom is 0.311 e. The molecular formula is C68H114N4O23S2. The molecule has 97 heavy (non-hydrogen) atoms. The molecule has 1 saturated heterocycles. The van der Waals surface area contributed by atoms with Gasteiger partial charge in [-0.15, -0.1) is 0 Å². The van der Waals surface area contributed by atoms with Gasteiger partial charge in [0.15, 0.2) is 6.29 Å². The lowest BCUT2D eigenvalue weighted by molar-refractivity contribution is -0.272. The number of carbonyl (C=O) groups is 9. The molecule has 1 aliphatic rings. The van der Waals surface area contributed by atoms with Gasteiger partial charge in [0.25, 0.3) is 0 Å². The van der Waals surface area contributed by atoms with Crippen LogP contribution in [0.5, 0.6) is 0 Å². The fourth-order valence-electron chi connectivity index (χ4n) is 12.7. The van der Waals surface area contributed by atoms with Gasteiger partial charge in [0.1, 0.15) is 49.2 Å². The highest BCUT2D eigenvalue weighted by Crippen LogP contribution is 2.53. The number of likely N-dealkylation sites (N-methyl/N-ethyl adjacent to an activating group) is 1. The quantitative estimate of drug-likeness (QED) is 0.0139. The Balaban J connectivity index is 2.81. The molecule has 27 nitrogen and oxygen atoms in total. The number of hydrogen-bond acceptors (Lipinski definition) is 24. The summed E-state index contributed by atoms with van der Waals surface area (Å²) in [4.78, 5) is 133. The molecule has 10 unspecified atom stereocenters. The van der Waals surface area contributed by atoms with E-state index in [4.69, 9.17) is 33.2 Å². The maximum atomic E-state index is 15.3. The standard InChI is InChI=1S/C68H114N4O23S2/c1-16-19-30-91-59(87)68(13,42-63(8,23-17-2)55(81)82)44-66(11,57(85)92-31-29-72(14)15)27-25-64(9,56(83)84)43-67(12,60(88)94-36-37-96-97-48-22-20-21-28-69-48)41-62(7,53(78)70-38-45(4)74)24-26-65(10,40-61(6,18-3)54(79)80)58(86)93-35-33-89-32-34-90-52-49(71-46(5)75)51(77)50(76)47(39-73)95-52/h20-22,28,45,47,49-52,73-74,76-77H,16-19,23-27,29-44H2,1-15H3,(H,70,78)(H,71,75)(H,79,80)(H,81,82)(H,83,84)/t45?,47-,49-,50+,51-,52?,61?,62?,63?,64?,65?,66?,67?,68?/m1/s1. The lowest BCUT2D eigenvalue weighted by atomic mass is 9.59. The number of amides is 2. The molecule has 14 atom stereocenters. The fraction of sp³-hybridized carbons (Fsp3) is 0.794. The van der Waals surface area contributed by atoms with Crippen LogP contribution in [0.25, 0.3) is 0 Å². The summed E-state index contributed by atoms with van der Waals surface area (Å²) in [6, 6.07) is 4.16. The van der Waals surface area contributed by atoms with Gasteiger partial charge in [-0.3, -0.25) is 43.2 Å². The van der Waals surface area contributed by atoms with Crippen molar-refractivity contribution in [2.24, 2.45) is 43.3 Å². The Hall–Kier alpha value is -5.24. The van der Waals surface area contributed by atoms with Crippen LogP contribution in [-0.4, -0.2) is 222 Å². The average Bonchev–Trinajstić information content (AvgIpc) is 0.779. The minimum Gasteiger partial charge on any atom is -0.481 e. The Kier molecular flexibility index (Phi) is 36.5. The largest absolute Gasteiger partial charge is 0.481 e. The first-order valence-electron chi connectivity index (χ1n) is 33.4. The molecule has 0 radical (unpaired) electrons. The molecule has 0 aliphatic carbocycles. The number of aliphatic hydroxyl groups is 4. The number of aromatic nitrogens is 1. The number of aliphatic hydroxyl groups excluding tert-OH is 4. The van der Waals surface area contributed by atoms with Crippen LogP contribution in [0.1, 0.15) is 180 Å². The molecule has 556 valence electrons. The second-order valence-corrected chi connectivity index (χ2v) is 31.1. The number of aliphatic carboxylic acids is 3. The van der Waals surface area contributed by atoms with E-state index < -0.39 is 153 Å². The molecule has 1 fully saturated rings. The van der Waals surface area contributed by atoms with Gasteiger partial charge >= 0.3 is 41.8 Å². The molecule has 1 aromatic heterocycles. The SMILES string of the molecule is CCCCOC(=O)C(C)(CC(C)(CCC)C(=O)O)CC(C)(CCC(C)(CC(C)(CC(C)(CCC(C)(CC(C)(CC)C(=O)O)C(=O)OCCOCCOC1O[C@H](CO)[C@H](O)[C@H](O)[C@H]1NC(C)=O)C(=O)NCC(C)O)C(=O)OCCSSc1ccccn1)C(=O)O)C(=O)OCCN(C)C. The molecule has 2 rings (SSSR count). The molecule has 0 bridgehead atoms. The third-order valence-electron chi connectivity index (χ3n) is 18.5. The Morgan fingerprint density at radius 3 is 1.60 bits per heavy atom. The van der Waals surface area contributed by atoms with Crippen LogP contribution in [0.3, 0.4) is 0 Å². The fourth-order valence-corrected chi connectivity index (χ4v) is 14.4. The van der Waals surface area contributed by atoms with Gasteiger partial charge in [-0.05, 0) is 169 Å². The van der Waals surface area contributed by atoms with Crippen molar-refractivity contribution in [3.63, 3.8) is 0 Å². The van der Waals surface area contributed by atoms with Crippen LogP contribution >= 0.6 is 21.6 Å². The van der Waals surface area contributed by atoms with Gasteiger partial charge in [-0.1, -0.05) is 57.4 Å². The molecular weight excluding hydrogens is 1300 g/mol. The lowest BCUT2D eigenvalue weighted by Gasteiger charge is -2.44. The molecule has 0 saturated carbocycles. The Labute approximate surface area is 580 Å². The second kappa shape index (κ2) is 40.3. The van der Waals surface area contributed by atoms with Crippen LogP contribution in [0.2, 0.25) is 0 Å². The zero-order valence-electron chi connectivity index (χ0n) is 59.8. The predicted molar refractivity (Wildman–Crippen MR) is 361 cm³/mol. The molecule has 2 heterocycles. The van der Waals surface area contributed by atoms with Gasteiger partial charge in [0, 0.05) is 37.4 Å².